The molecule has 2 nitrogen and oxygen atoms in total. The van der Waals surface area contributed by atoms with Crippen LogP contribution in [0.5, 0.6) is 5.75 Å². The first kappa shape index (κ1) is 9.99. The largest absolute Gasteiger partial charge is 0.425 e. The Morgan fingerprint density at radius 2 is 2.15 bits per heavy atom. The number of carbonyl (C=O) groups is 1. The molecule has 0 radical (unpaired) electrons. The summed E-state index contributed by atoms with van der Waals surface area (Å²) in [6.07, 6.45) is 0. The molecule has 0 aliphatic carbocycles. The van der Waals surface area contributed by atoms with Crippen LogP contribution < -0.4 is 4.74 Å². The van der Waals surface area contributed by atoms with Gasteiger partial charge >= 0.3 is 5.97 Å². The molecule has 13 heavy (non-hydrogen) atoms. The highest BCUT2D eigenvalue weighted by atomic mass is 35.5. The normalized spacial score (nSPS) is 9.85. The van der Waals surface area contributed by atoms with E-state index in [2.05, 4.69) is 4.74 Å². The lowest BCUT2D eigenvalue weighted by atomic mass is 10.2. The molecule has 0 unspecified atom stereocenters. The number of hydrogen-bond acceptors (Lipinski definition) is 2. The van der Waals surface area contributed by atoms with E-state index in [4.69, 9.17) is 11.6 Å². The zero-order valence-corrected chi connectivity index (χ0v) is 7.98. The maximum Gasteiger partial charge on any atom is 0.308 e. The molecule has 70 valence electrons. The second kappa shape index (κ2) is 3.75. The lowest BCUT2D eigenvalue weighted by Crippen LogP contribution is -2.02. The maximum absolute atomic E-state index is 13.0. The highest BCUT2D eigenvalue weighted by Gasteiger charge is 2.08. The summed E-state index contributed by atoms with van der Waals surface area (Å²) in [6.45, 7) is 2.81. The predicted octanol–water partition coefficient (Wildman–Crippen LogP) is 2.71. The van der Waals surface area contributed by atoms with Crippen LogP contribution in [0.1, 0.15) is 12.5 Å². The third kappa shape index (κ3) is 2.42. The van der Waals surface area contributed by atoms with Crippen molar-refractivity contribution in [3.63, 3.8) is 0 Å². The van der Waals surface area contributed by atoms with Gasteiger partial charge in [-0.05, 0) is 18.6 Å². The van der Waals surface area contributed by atoms with Crippen molar-refractivity contribution < 1.29 is 13.9 Å². The molecule has 0 spiro atoms. The molecule has 0 aromatic heterocycles. The van der Waals surface area contributed by atoms with Crippen LogP contribution in [0.25, 0.3) is 0 Å². The van der Waals surface area contributed by atoms with E-state index in [9.17, 15) is 9.18 Å². The third-order valence-electron chi connectivity index (χ3n) is 1.47. The molecule has 0 atom stereocenters. The molecule has 0 aliphatic heterocycles. The number of rotatable bonds is 1. The number of hydrogen-bond donors (Lipinski definition) is 0. The molecule has 0 heterocycles. The van der Waals surface area contributed by atoms with Gasteiger partial charge < -0.3 is 4.74 Å². The molecular formula is C9H8ClFO2. The lowest BCUT2D eigenvalue weighted by molar-refractivity contribution is -0.131. The van der Waals surface area contributed by atoms with Crippen molar-refractivity contribution in [1.29, 1.82) is 0 Å². The minimum Gasteiger partial charge on any atom is -0.425 e. The molecule has 1 rings (SSSR count). The smallest absolute Gasteiger partial charge is 0.308 e. The minimum atomic E-state index is -0.523. The molecule has 0 bridgehead atoms. The molecule has 0 saturated heterocycles. The van der Waals surface area contributed by atoms with E-state index in [1.807, 2.05) is 0 Å². The summed E-state index contributed by atoms with van der Waals surface area (Å²) in [5.41, 5.74) is 0.418. The Kier molecular flexibility index (Phi) is 2.88. The Balaban J connectivity index is 3.08. The van der Waals surface area contributed by atoms with Gasteiger partial charge in [0.05, 0.1) is 5.02 Å². The Labute approximate surface area is 80.3 Å². The number of aryl methyl sites for hydroxylation is 1. The minimum absolute atomic E-state index is 0.0530. The quantitative estimate of drug-likeness (QED) is 0.517. The van der Waals surface area contributed by atoms with Crippen LogP contribution >= 0.6 is 11.6 Å². The Morgan fingerprint density at radius 1 is 1.54 bits per heavy atom. The van der Waals surface area contributed by atoms with Crippen molar-refractivity contribution in [2.45, 2.75) is 13.8 Å². The van der Waals surface area contributed by atoms with Crippen molar-refractivity contribution in [2.75, 3.05) is 0 Å². The van der Waals surface area contributed by atoms with Crippen molar-refractivity contribution >= 4 is 17.6 Å². The number of esters is 1. The van der Waals surface area contributed by atoms with E-state index in [1.165, 1.54) is 13.0 Å². The SMILES string of the molecule is CC(=O)Oc1cc(F)c(C)cc1Cl. The van der Waals surface area contributed by atoms with E-state index < -0.39 is 11.8 Å². The van der Waals surface area contributed by atoms with Gasteiger partial charge in [0.25, 0.3) is 0 Å². The Hall–Kier alpha value is -1.09. The van der Waals surface area contributed by atoms with E-state index in [0.29, 0.717) is 5.56 Å². The molecule has 0 saturated carbocycles. The maximum atomic E-state index is 13.0. The second-order valence-corrected chi connectivity index (χ2v) is 3.03. The summed E-state index contributed by atoms with van der Waals surface area (Å²) >= 11 is 5.70. The first-order chi connectivity index (χ1) is 6.00. The molecule has 1 aromatic rings. The van der Waals surface area contributed by atoms with Crippen LogP contribution in [-0.2, 0) is 4.79 Å². The average molecular weight is 203 g/mol. The zero-order valence-electron chi connectivity index (χ0n) is 7.23. The fourth-order valence-electron chi connectivity index (χ4n) is 0.861. The van der Waals surface area contributed by atoms with Crippen LogP contribution in [0.15, 0.2) is 12.1 Å². The van der Waals surface area contributed by atoms with Gasteiger partial charge in [-0.1, -0.05) is 11.6 Å². The number of carbonyl (C=O) groups excluding carboxylic acids is 1. The molecule has 0 aliphatic rings. The van der Waals surface area contributed by atoms with Gasteiger partial charge in [-0.3, -0.25) is 4.79 Å². The monoisotopic (exact) mass is 202 g/mol. The van der Waals surface area contributed by atoms with Crippen LogP contribution in [-0.4, -0.2) is 5.97 Å². The topological polar surface area (TPSA) is 26.3 Å². The van der Waals surface area contributed by atoms with Crippen LogP contribution in [0.3, 0.4) is 0 Å². The first-order valence-corrected chi connectivity index (χ1v) is 4.02. The van der Waals surface area contributed by atoms with Crippen LogP contribution in [0, 0.1) is 12.7 Å². The fourth-order valence-corrected chi connectivity index (χ4v) is 1.12. The highest BCUT2D eigenvalue weighted by Crippen LogP contribution is 2.27. The van der Waals surface area contributed by atoms with E-state index >= 15 is 0 Å². The summed E-state index contributed by atoms with van der Waals surface area (Å²) in [5.74, 6) is -0.914. The Morgan fingerprint density at radius 3 is 2.69 bits per heavy atom. The van der Waals surface area contributed by atoms with Crippen LogP contribution in [0.4, 0.5) is 4.39 Å². The van der Waals surface area contributed by atoms with Gasteiger partial charge in [0.1, 0.15) is 5.82 Å². The van der Waals surface area contributed by atoms with E-state index in [-0.39, 0.29) is 10.8 Å². The van der Waals surface area contributed by atoms with Crippen LogP contribution in [0.2, 0.25) is 5.02 Å². The van der Waals surface area contributed by atoms with E-state index in [0.717, 1.165) is 6.07 Å². The standard InChI is InChI=1S/C9H8ClFO2/c1-5-3-7(10)9(4-8(5)11)13-6(2)12/h3-4H,1-2H3. The zero-order chi connectivity index (χ0) is 10.0. The van der Waals surface area contributed by atoms with Gasteiger partial charge in [-0.15, -0.1) is 0 Å². The van der Waals surface area contributed by atoms with Gasteiger partial charge in [0, 0.05) is 13.0 Å². The molecule has 4 heteroatoms. The summed E-state index contributed by atoms with van der Waals surface area (Å²) in [4.78, 5) is 10.6. The number of benzene rings is 1. The molecule has 0 fully saturated rings. The predicted molar refractivity (Wildman–Crippen MR) is 47.5 cm³/mol. The second-order valence-electron chi connectivity index (χ2n) is 2.63. The van der Waals surface area contributed by atoms with Crippen molar-refractivity contribution in [3.05, 3.63) is 28.5 Å². The van der Waals surface area contributed by atoms with Crippen molar-refractivity contribution in [3.8, 4) is 5.75 Å². The van der Waals surface area contributed by atoms with Crippen molar-refractivity contribution in [1.82, 2.24) is 0 Å². The van der Waals surface area contributed by atoms with Gasteiger partial charge in [0.15, 0.2) is 5.75 Å². The lowest BCUT2D eigenvalue weighted by Gasteiger charge is -2.05. The average Bonchev–Trinajstić information content (AvgIpc) is 1.99. The third-order valence-corrected chi connectivity index (χ3v) is 1.76. The fraction of sp³-hybridized carbons (Fsp3) is 0.222. The molecule has 1 aromatic carbocycles. The van der Waals surface area contributed by atoms with Gasteiger partial charge in [-0.2, -0.15) is 0 Å². The van der Waals surface area contributed by atoms with E-state index in [1.54, 1.807) is 6.92 Å². The van der Waals surface area contributed by atoms with Crippen molar-refractivity contribution in [2.24, 2.45) is 0 Å². The summed E-state index contributed by atoms with van der Waals surface area (Å²) in [5, 5.41) is 0.231. The molecular weight excluding hydrogens is 195 g/mol. The summed E-state index contributed by atoms with van der Waals surface area (Å²) < 4.78 is 17.6. The van der Waals surface area contributed by atoms with Gasteiger partial charge in [0.2, 0.25) is 0 Å². The Bertz CT molecular complexity index is 350. The number of halogens is 2. The summed E-state index contributed by atoms with van der Waals surface area (Å²) in [6, 6.07) is 2.51. The first-order valence-electron chi connectivity index (χ1n) is 3.65. The summed E-state index contributed by atoms with van der Waals surface area (Å²) in [7, 11) is 0. The molecule has 0 amide bonds. The number of ether oxygens (including phenoxy) is 1. The molecule has 0 N–H and O–H groups in total. The van der Waals surface area contributed by atoms with Gasteiger partial charge in [-0.25, -0.2) is 4.39 Å². The highest BCUT2D eigenvalue weighted by molar-refractivity contribution is 6.32.